The summed E-state index contributed by atoms with van der Waals surface area (Å²) in [4.78, 5) is 9.00. The molecular formula is C20H15N3O. The van der Waals surface area contributed by atoms with Crippen LogP contribution < -0.4 is 10.5 Å². The van der Waals surface area contributed by atoms with Crippen LogP contribution in [-0.4, -0.2) is 9.97 Å². The highest BCUT2D eigenvalue weighted by Crippen LogP contribution is 2.26. The normalized spacial score (nSPS) is 10.7. The number of anilines is 1. The lowest BCUT2D eigenvalue weighted by molar-refractivity contribution is 0.483. The van der Waals surface area contributed by atoms with E-state index in [-0.39, 0.29) is 0 Å². The van der Waals surface area contributed by atoms with Crippen LogP contribution in [0.2, 0.25) is 0 Å². The summed E-state index contributed by atoms with van der Waals surface area (Å²) in [5, 5.41) is 0.866. The number of para-hydroxylation sites is 2. The van der Waals surface area contributed by atoms with Crippen molar-refractivity contribution in [3.63, 3.8) is 0 Å². The summed E-state index contributed by atoms with van der Waals surface area (Å²) in [6.07, 6.45) is 0. The molecule has 4 rings (SSSR count). The number of fused-ring (bicyclic) bond motifs is 1. The van der Waals surface area contributed by atoms with Gasteiger partial charge in [-0.3, -0.25) is 0 Å². The zero-order valence-corrected chi connectivity index (χ0v) is 12.9. The molecule has 0 unspecified atom stereocenters. The van der Waals surface area contributed by atoms with Crippen molar-refractivity contribution >= 4 is 16.7 Å². The Morgan fingerprint density at radius 1 is 0.667 bits per heavy atom. The van der Waals surface area contributed by atoms with Gasteiger partial charge in [-0.15, -0.1) is 0 Å². The molecule has 2 N–H and O–H groups in total. The van der Waals surface area contributed by atoms with Crippen LogP contribution in [0.3, 0.4) is 0 Å². The van der Waals surface area contributed by atoms with E-state index in [1.165, 1.54) is 0 Å². The molecule has 0 atom stereocenters. The highest BCUT2D eigenvalue weighted by Gasteiger charge is 2.07. The van der Waals surface area contributed by atoms with Crippen molar-refractivity contribution < 1.29 is 4.74 Å². The number of nitrogen functional groups attached to an aromatic ring is 1. The second-order valence-corrected chi connectivity index (χ2v) is 5.39. The molecule has 4 heteroatoms. The first-order valence-electron chi connectivity index (χ1n) is 7.65. The molecule has 4 nitrogen and oxygen atoms in total. The number of hydrogen-bond donors (Lipinski definition) is 1. The van der Waals surface area contributed by atoms with E-state index < -0.39 is 0 Å². The summed E-state index contributed by atoms with van der Waals surface area (Å²) in [6, 6.07) is 25.1. The van der Waals surface area contributed by atoms with Crippen LogP contribution >= 0.6 is 0 Å². The standard InChI is InChI=1S/C20H15N3O/c21-19-17-8-4-5-9-18(17)22-20(23-19)14-10-12-16(13-11-14)24-15-6-2-1-3-7-15/h1-13H,(H2,21,22,23). The van der Waals surface area contributed by atoms with Crippen LogP contribution in [0.15, 0.2) is 78.9 Å². The van der Waals surface area contributed by atoms with E-state index in [2.05, 4.69) is 9.97 Å². The molecule has 0 aliphatic heterocycles. The maximum atomic E-state index is 6.05. The average molecular weight is 313 g/mol. The molecule has 1 heterocycles. The van der Waals surface area contributed by atoms with Gasteiger partial charge in [0.1, 0.15) is 17.3 Å². The smallest absolute Gasteiger partial charge is 0.162 e. The largest absolute Gasteiger partial charge is 0.457 e. The molecule has 0 aliphatic rings. The Balaban J connectivity index is 1.65. The van der Waals surface area contributed by atoms with Crippen LogP contribution in [0.5, 0.6) is 11.5 Å². The minimum Gasteiger partial charge on any atom is -0.457 e. The van der Waals surface area contributed by atoms with Gasteiger partial charge in [-0.25, -0.2) is 9.97 Å². The fourth-order valence-corrected chi connectivity index (χ4v) is 2.53. The predicted octanol–water partition coefficient (Wildman–Crippen LogP) is 4.67. The fourth-order valence-electron chi connectivity index (χ4n) is 2.53. The molecule has 1 aromatic heterocycles. The molecule has 0 spiro atoms. The number of rotatable bonds is 3. The lowest BCUT2D eigenvalue weighted by atomic mass is 10.2. The summed E-state index contributed by atoms with van der Waals surface area (Å²) >= 11 is 0. The van der Waals surface area contributed by atoms with Crippen molar-refractivity contribution in [2.75, 3.05) is 5.73 Å². The number of ether oxygens (including phenoxy) is 1. The summed E-state index contributed by atoms with van der Waals surface area (Å²) in [5.41, 5.74) is 7.78. The first kappa shape index (κ1) is 14.2. The summed E-state index contributed by atoms with van der Waals surface area (Å²) in [6.45, 7) is 0. The van der Waals surface area contributed by atoms with Crippen LogP contribution in [0, 0.1) is 0 Å². The Morgan fingerprint density at radius 2 is 1.33 bits per heavy atom. The molecule has 0 saturated heterocycles. The molecular weight excluding hydrogens is 298 g/mol. The minimum absolute atomic E-state index is 0.486. The van der Waals surface area contributed by atoms with Crippen molar-refractivity contribution in [1.29, 1.82) is 0 Å². The highest BCUT2D eigenvalue weighted by molar-refractivity contribution is 5.89. The zero-order valence-electron chi connectivity index (χ0n) is 12.9. The molecule has 0 fully saturated rings. The zero-order chi connectivity index (χ0) is 16.4. The van der Waals surface area contributed by atoms with Gasteiger partial charge in [-0.1, -0.05) is 30.3 Å². The van der Waals surface area contributed by atoms with Gasteiger partial charge in [-0.05, 0) is 48.5 Å². The van der Waals surface area contributed by atoms with E-state index >= 15 is 0 Å². The molecule has 3 aromatic carbocycles. The van der Waals surface area contributed by atoms with Gasteiger partial charge in [0.15, 0.2) is 5.82 Å². The Morgan fingerprint density at radius 3 is 2.12 bits per heavy atom. The van der Waals surface area contributed by atoms with Gasteiger partial charge >= 0.3 is 0 Å². The predicted molar refractivity (Wildman–Crippen MR) is 95.9 cm³/mol. The first-order valence-corrected chi connectivity index (χ1v) is 7.65. The quantitative estimate of drug-likeness (QED) is 0.597. The average Bonchev–Trinajstić information content (AvgIpc) is 2.63. The Hall–Kier alpha value is -3.40. The number of aromatic nitrogens is 2. The molecule has 4 aromatic rings. The van der Waals surface area contributed by atoms with Crippen LogP contribution in [0.4, 0.5) is 5.82 Å². The maximum Gasteiger partial charge on any atom is 0.162 e. The number of nitrogens with two attached hydrogens (primary N) is 1. The molecule has 24 heavy (non-hydrogen) atoms. The van der Waals surface area contributed by atoms with E-state index in [4.69, 9.17) is 10.5 Å². The van der Waals surface area contributed by atoms with Crippen LogP contribution in [-0.2, 0) is 0 Å². The SMILES string of the molecule is Nc1nc(-c2ccc(Oc3ccccc3)cc2)nc2ccccc12. The summed E-state index contributed by atoms with van der Waals surface area (Å²) in [5.74, 6) is 2.66. The van der Waals surface area contributed by atoms with E-state index in [1.54, 1.807) is 0 Å². The third-order valence-electron chi connectivity index (χ3n) is 3.72. The van der Waals surface area contributed by atoms with Gasteiger partial charge in [0, 0.05) is 10.9 Å². The highest BCUT2D eigenvalue weighted by atomic mass is 16.5. The van der Waals surface area contributed by atoms with E-state index in [9.17, 15) is 0 Å². The Kier molecular flexibility index (Phi) is 3.56. The Labute approximate surface area is 139 Å². The number of nitrogens with zero attached hydrogens (tertiary/aromatic N) is 2. The molecule has 0 amide bonds. The van der Waals surface area contributed by atoms with Gasteiger partial charge in [-0.2, -0.15) is 0 Å². The summed E-state index contributed by atoms with van der Waals surface area (Å²) < 4.78 is 5.80. The van der Waals surface area contributed by atoms with Gasteiger partial charge in [0.2, 0.25) is 0 Å². The van der Waals surface area contributed by atoms with Gasteiger partial charge in [0.05, 0.1) is 5.52 Å². The van der Waals surface area contributed by atoms with E-state index in [0.717, 1.165) is 28.0 Å². The maximum absolute atomic E-state index is 6.05. The lowest BCUT2D eigenvalue weighted by Crippen LogP contribution is -1.97. The van der Waals surface area contributed by atoms with Crippen molar-refractivity contribution in [2.24, 2.45) is 0 Å². The number of hydrogen-bond acceptors (Lipinski definition) is 4. The van der Waals surface area contributed by atoms with Crippen molar-refractivity contribution in [1.82, 2.24) is 9.97 Å². The third-order valence-corrected chi connectivity index (χ3v) is 3.72. The van der Waals surface area contributed by atoms with Gasteiger partial charge < -0.3 is 10.5 Å². The molecule has 0 aliphatic carbocycles. The molecule has 116 valence electrons. The van der Waals surface area contributed by atoms with Gasteiger partial charge in [0.25, 0.3) is 0 Å². The fraction of sp³-hybridized carbons (Fsp3) is 0. The molecule has 0 radical (unpaired) electrons. The van der Waals surface area contributed by atoms with E-state index in [1.807, 2.05) is 78.9 Å². The Bertz CT molecular complexity index is 983. The van der Waals surface area contributed by atoms with E-state index in [0.29, 0.717) is 11.6 Å². The van der Waals surface area contributed by atoms with Crippen molar-refractivity contribution in [2.45, 2.75) is 0 Å². The van der Waals surface area contributed by atoms with Crippen LogP contribution in [0.25, 0.3) is 22.3 Å². The first-order chi connectivity index (χ1) is 11.8. The second kappa shape index (κ2) is 6.01. The lowest BCUT2D eigenvalue weighted by Gasteiger charge is -2.08. The molecule has 0 saturated carbocycles. The topological polar surface area (TPSA) is 61.0 Å². The monoisotopic (exact) mass is 313 g/mol. The molecule has 0 bridgehead atoms. The second-order valence-electron chi connectivity index (χ2n) is 5.39. The van der Waals surface area contributed by atoms with Crippen LogP contribution in [0.1, 0.15) is 0 Å². The van der Waals surface area contributed by atoms with Crippen molar-refractivity contribution in [3.8, 4) is 22.9 Å². The minimum atomic E-state index is 0.486. The van der Waals surface area contributed by atoms with Crippen molar-refractivity contribution in [3.05, 3.63) is 78.9 Å². The summed E-state index contributed by atoms with van der Waals surface area (Å²) in [7, 11) is 0. The number of benzene rings is 3. The third kappa shape index (κ3) is 2.77.